The largest absolute Gasteiger partial charge is 0.481 e. The van der Waals surface area contributed by atoms with Gasteiger partial charge in [-0.15, -0.1) is 0 Å². The number of carbonyl (C=O) groups is 5. The third-order valence-electron chi connectivity index (χ3n) is 4.51. The van der Waals surface area contributed by atoms with Crippen molar-refractivity contribution < 1.29 is 29.1 Å². The Morgan fingerprint density at radius 2 is 1.68 bits per heavy atom. The van der Waals surface area contributed by atoms with Crippen molar-refractivity contribution in [1.82, 2.24) is 20.9 Å². The van der Waals surface area contributed by atoms with Gasteiger partial charge in [0.1, 0.15) is 18.1 Å². The fourth-order valence-electron chi connectivity index (χ4n) is 2.98. The van der Waals surface area contributed by atoms with Gasteiger partial charge >= 0.3 is 5.97 Å². The van der Waals surface area contributed by atoms with E-state index in [1.165, 1.54) is 11.8 Å². The Balaban J connectivity index is 2.55. The Kier molecular flexibility index (Phi) is 9.40. The number of carbonyl (C=O) groups excluding carboxylic acids is 4. The van der Waals surface area contributed by atoms with E-state index >= 15 is 0 Å². The number of likely N-dealkylation sites (tertiary alicyclic amines) is 1. The summed E-state index contributed by atoms with van der Waals surface area (Å²) in [5, 5.41) is 16.4. The highest BCUT2D eigenvalue weighted by atomic mass is 16.4. The van der Waals surface area contributed by atoms with Crippen molar-refractivity contribution >= 4 is 29.6 Å². The van der Waals surface area contributed by atoms with Gasteiger partial charge in [-0.3, -0.25) is 24.0 Å². The highest BCUT2D eigenvalue weighted by molar-refractivity contribution is 5.94. The van der Waals surface area contributed by atoms with Crippen molar-refractivity contribution in [1.29, 1.82) is 0 Å². The van der Waals surface area contributed by atoms with Gasteiger partial charge in [0.25, 0.3) is 0 Å². The maximum absolute atomic E-state index is 12.5. The molecule has 4 N–H and O–H groups in total. The molecule has 0 spiro atoms. The molecular weight excluding hydrogens is 368 g/mol. The third-order valence-corrected chi connectivity index (χ3v) is 4.51. The van der Waals surface area contributed by atoms with E-state index in [2.05, 4.69) is 16.0 Å². The molecule has 4 amide bonds. The van der Waals surface area contributed by atoms with Gasteiger partial charge in [0.15, 0.2) is 0 Å². The van der Waals surface area contributed by atoms with Gasteiger partial charge in [0, 0.05) is 25.9 Å². The molecule has 0 saturated carbocycles. The number of hydrogen-bond acceptors (Lipinski definition) is 5. The minimum absolute atomic E-state index is 0.0656. The SMILES string of the molecule is CCNC(=O)[C@H](C)NC(=O)[C@H](C)NC(=O)[C@@H]1CCCN1C(=O)CCCC(=O)O. The van der Waals surface area contributed by atoms with Crippen LogP contribution in [0.2, 0.25) is 0 Å². The molecule has 0 unspecified atom stereocenters. The molecule has 0 aromatic heterocycles. The van der Waals surface area contributed by atoms with E-state index in [1.54, 1.807) is 13.8 Å². The minimum Gasteiger partial charge on any atom is -0.481 e. The molecule has 0 radical (unpaired) electrons. The zero-order chi connectivity index (χ0) is 21.3. The van der Waals surface area contributed by atoms with Gasteiger partial charge in [-0.2, -0.15) is 0 Å². The van der Waals surface area contributed by atoms with Crippen molar-refractivity contribution in [3.63, 3.8) is 0 Å². The smallest absolute Gasteiger partial charge is 0.303 e. The predicted molar refractivity (Wildman–Crippen MR) is 100 cm³/mol. The van der Waals surface area contributed by atoms with E-state index in [-0.39, 0.29) is 31.1 Å². The summed E-state index contributed by atoms with van der Waals surface area (Å²) in [7, 11) is 0. The Labute approximate surface area is 164 Å². The molecule has 28 heavy (non-hydrogen) atoms. The van der Waals surface area contributed by atoms with E-state index in [1.807, 2.05) is 0 Å². The summed E-state index contributed by atoms with van der Waals surface area (Å²) in [5.41, 5.74) is 0. The van der Waals surface area contributed by atoms with Gasteiger partial charge in [-0.25, -0.2) is 0 Å². The van der Waals surface area contributed by atoms with Crippen LogP contribution >= 0.6 is 0 Å². The molecule has 1 saturated heterocycles. The first-order valence-electron chi connectivity index (χ1n) is 9.57. The molecule has 158 valence electrons. The summed E-state index contributed by atoms with van der Waals surface area (Å²) in [6.45, 7) is 5.70. The predicted octanol–water partition coefficient (Wildman–Crippen LogP) is -0.622. The molecular formula is C18H30N4O6. The first-order valence-corrected chi connectivity index (χ1v) is 9.57. The van der Waals surface area contributed by atoms with Gasteiger partial charge in [-0.1, -0.05) is 0 Å². The summed E-state index contributed by atoms with van der Waals surface area (Å²) in [6.07, 6.45) is 1.33. The van der Waals surface area contributed by atoms with Crippen LogP contribution in [-0.2, 0) is 24.0 Å². The van der Waals surface area contributed by atoms with E-state index in [9.17, 15) is 24.0 Å². The number of likely N-dealkylation sites (N-methyl/N-ethyl adjacent to an activating group) is 1. The lowest BCUT2D eigenvalue weighted by Crippen LogP contribution is -2.54. The van der Waals surface area contributed by atoms with E-state index in [0.29, 0.717) is 25.9 Å². The minimum atomic E-state index is -0.967. The average molecular weight is 398 g/mol. The molecule has 0 aromatic carbocycles. The number of nitrogens with zero attached hydrogens (tertiary/aromatic N) is 1. The number of rotatable bonds is 10. The maximum atomic E-state index is 12.5. The molecule has 0 bridgehead atoms. The summed E-state index contributed by atoms with van der Waals surface area (Å²) in [4.78, 5) is 60.7. The normalized spacial score (nSPS) is 18.1. The van der Waals surface area contributed by atoms with Crippen LogP contribution in [-0.4, -0.2) is 70.8 Å². The zero-order valence-corrected chi connectivity index (χ0v) is 16.6. The van der Waals surface area contributed by atoms with E-state index in [4.69, 9.17) is 5.11 Å². The second-order valence-corrected chi connectivity index (χ2v) is 6.85. The van der Waals surface area contributed by atoms with Crippen LogP contribution in [0.1, 0.15) is 52.9 Å². The fourth-order valence-corrected chi connectivity index (χ4v) is 2.98. The molecule has 0 aromatic rings. The summed E-state index contributed by atoms with van der Waals surface area (Å²) in [6, 6.07) is -2.27. The molecule has 10 heteroatoms. The van der Waals surface area contributed by atoms with Crippen LogP contribution < -0.4 is 16.0 Å². The average Bonchev–Trinajstić information content (AvgIpc) is 3.11. The van der Waals surface area contributed by atoms with Gasteiger partial charge in [-0.05, 0) is 40.0 Å². The highest BCUT2D eigenvalue weighted by Crippen LogP contribution is 2.19. The molecule has 1 aliphatic rings. The number of amides is 4. The molecule has 0 aliphatic carbocycles. The van der Waals surface area contributed by atoms with Gasteiger partial charge < -0.3 is 26.0 Å². The van der Waals surface area contributed by atoms with Crippen molar-refractivity contribution in [3.8, 4) is 0 Å². The maximum Gasteiger partial charge on any atom is 0.303 e. The molecule has 1 rings (SSSR count). The monoisotopic (exact) mass is 398 g/mol. The van der Waals surface area contributed by atoms with Crippen LogP contribution in [0.15, 0.2) is 0 Å². The lowest BCUT2D eigenvalue weighted by Gasteiger charge is -2.25. The standard InChI is InChI=1S/C18H30N4O6/c1-4-19-16(26)11(2)20-17(27)12(3)21-18(28)13-7-6-10-22(13)14(23)8-5-9-15(24)25/h11-13H,4-10H2,1-3H3,(H,19,26)(H,20,27)(H,21,28)(H,24,25)/t11-,12-,13-/m0/s1. The summed E-state index contributed by atoms with van der Waals surface area (Å²) < 4.78 is 0. The first-order chi connectivity index (χ1) is 13.2. The topological polar surface area (TPSA) is 145 Å². The summed E-state index contributed by atoms with van der Waals surface area (Å²) in [5.74, 6) is -2.48. The quantitative estimate of drug-likeness (QED) is 0.386. The number of hydrogen-bond donors (Lipinski definition) is 4. The molecule has 10 nitrogen and oxygen atoms in total. The molecule has 1 heterocycles. The molecule has 1 fully saturated rings. The Morgan fingerprint density at radius 1 is 1.04 bits per heavy atom. The zero-order valence-electron chi connectivity index (χ0n) is 16.6. The third kappa shape index (κ3) is 7.16. The van der Waals surface area contributed by atoms with E-state index in [0.717, 1.165) is 0 Å². The lowest BCUT2D eigenvalue weighted by molar-refractivity contribution is -0.140. The van der Waals surface area contributed by atoms with Crippen molar-refractivity contribution in [2.24, 2.45) is 0 Å². The fraction of sp³-hybridized carbons (Fsp3) is 0.722. The highest BCUT2D eigenvalue weighted by Gasteiger charge is 2.35. The number of nitrogens with one attached hydrogen (secondary N) is 3. The van der Waals surface area contributed by atoms with Crippen LogP contribution in [0.3, 0.4) is 0 Å². The van der Waals surface area contributed by atoms with Crippen molar-refractivity contribution in [2.45, 2.75) is 71.0 Å². The number of aliphatic carboxylic acids is 1. The van der Waals surface area contributed by atoms with Crippen LogP contribution in [0, 0.1) is 0 Å². The van der Waals surface area contributed by atoms with Crippen molar-refractivity contribution in [3.05, 3.63) is 0 Å². The lowest BCUT2D eigenvalue weighted by atomic mass is 10.1. The number of carboxylic acid groups (broad SMARTS) is 1. The van der Waals surface area contributed by atoms with Crippen LogP contribution in [0.4, 0.5) is 0 Å². The second kappa shape index (κ2) is 11.3. The number of carboxylic acids is 1. The Morgan fingerprint density at radius 3 is 2.29 bits per heavy atom. The van der Waals surface area contributed by atoms with Crippen LogP contribution in [0.25, 0.3) is 0 Å². The van der Waals surface area contributed by atoms with E-state index < -0.39 is 35.9 Å². The van der Waals surface area contributed by atoms with Gasteiger partial charge in [0.05, 0.1) is 0 Å². The van der Waals surface area contributed by atoms with Gasteiger partial charge in [0.2, 0.25) is 23.6 Å². The Bertz CT molecular complexity index is 609. The van der Waals surface area contributed by atoms with Crippen molar-refractivity contribution in [2.75, 3.05) is 13.1 Å². The Hall–Kier alpha value is -2.65. The summed E-state index contributed by atoms with van der Waals surface area (Å²) >= 11 is 0. The van der Waals surface area contributed by atoms with Crippen LogP contribution in [0.5, 0.6) is 0 Å². The first kappa shape index (κ1) is 23.4. The molecule has 1 aliphatic heterocycles. The molecule has 3 atom stereocenters. The second-order valence-electron chi connectivity index (χ2n) is 6.85.